The maximum Gasteiger partial charge on any atom is 0.312 e. The summed E-state index contributed by atoms with van der Waals surface area (Å²) in [6, 6.07) is 5.31. The minimum absolute atomic E-state index is 0.0216. The molecule has 0 saturated carbocycles. The minimum Gasteiger partial charge on any atom is -0.461 e. The first kappa shape index (κ1) is 27.4. The third-order valence-corrected chi connectivity index (χ3v) is 8.47. The Morgan fingerprint density at radius 3 is 2.70 bits per heavy atom. The van der Waals surface area contributed by atoms with E-state index in [1.807, 2.05) is 13.8 Å². The fourth-order valence-corrected chi connectivity index (χ4v) is 6.54. The lowest BCUT2D eigenvalue weighted by Crippen LogP contribution is -2.60. The Morgan fingerprint density at radius 1 is 1.35 bits per heavy atom. The van der Waals surface area contributed by atoms with E-state index in [1.165, 1.54) is 15.9 Å². The number of carbonyl (C=O) groups is 3. The molecule has 2 bridgehead atoms. The summed E-state index contributed by atoms with van der Waals surface area (Å²) >= 11 is 6.49. The van der Waals surface area contributed by atoms with Crippen LogP contribution in [0.4, 0.5) is 5.69 Å². The van der Waals surface area contributed by atoms with Crippen molar-refractivity contribution in [3.63, 3.8) is 0 Å². The van der Waals surface area contributed by atoms with E-state index >= 15 is 0 Å². The fraction of sp³-hybridized carbons (Fsp3) is 0.536. The second kappa shape index (κ2) is 11.0. The number of hydrogen-bond donors (Lipinski definition) is 1. The first-order chi connectivity index (χ1) is 17.8. The molecule has 0 aliphatic carbocycles. The van der Waals surface area contributed by atoms with Gasteiger partial charge in [-0.3, -0.25) is 14.4 Å². The van der Waals surface area contributed by atoms with Gasteiger partial charge in [0, 0.05) is 6.54 Å². The lowest BCUT2D eigenvalue weighted by atomic mass is 9.70. The van der Waals surface area contributed by atoms with Crippen LogP contribution >= 0.6 is 11.6 Å². The molecule has 1 aromatic rings. The summed E-state index contributed by atoms with van der Waals surface area (Å²) in [5.74, 6) is -3.09. The van der Waals surface area contributed by atoms with Gasteiger partial charge in [-0.15, -0.1) is 6.58 Å². The normalized spacial score (nSPS) is 29.5. The van der Waals surface area contributed by atoms with Crippen molar-refractivity contribution in [3.05, 3.63) is 54.6 Å². The van der Waals surface area contributed by atoms with Gasteiger partial charge in [0.1, 0.15) is 18.2 Å². The number of nitrogens with zero attached hydrogens (tertiary/aromatic N) is 2. The summed E-state index contributed by atoms with van der Waals surface area (Å²) in [5.41, 5.74) is -0.724. The van der Waals surface area contributed by atoms with E-state index in [0.717, 1.165) is 0 Å². The average Bonchev–Trinajstić information content (AvgIpc) is 3.54. The largest absolute Gasteiger partial charge is 0.461 e. The van der Waals surface area contributed by atoms with Crippen molar-refractivity contribution in [1.29, 1.82) is 0 Å². The Hall–Kier alpha value is -2.68. The molecule has 8 nitrogen and oxygen atoms in total. The highest BCUT2D eigenvalue weighted by molar-refractivity contribution is 6.34. The van der Waals surface area contributed by atoms with Gasteiger partial charge in [-0.25, -0.2) is 0 Å². The van der Waals surface area contributed by atoms with E-state index in [0.29, 0.717) is 30.0 Å². The van der Waals surface area contributed by atoms with Crippen molar-refractivity contribution in [3.8, 4) is 0 Å². The minimum atomic E-state index is -1.21. The van der Waals surface area contributed by atoms with Gasteiger partial charge < -0.3 is 24.4 Å². The molecular weight excluding hydrogens is 496 g/mol. The van der Waals surface area contributed by atoms with Crippen molar-refractivity contribution < 1.29 is 29.0 Å². The maximum absolute atomic E-state index is 14.5. The maximum atomic E-state index is 14.5. The lowest BCUT2D eigenvalue weighted by Gasteiger charge is -2.41. The number of fused-ring (bicyclic) bond motifs is 1. The molecule has 7 atom stereocenters. The topological polar surface area (TPSA) is 96.4 Å². The van der Waals surface area contributed by atoms with Gasteiger partial charge in [0.15, 0.2) is 0 Å². The van der Waals surface area contributed by atoms with Crippen molar-refractivity contribution in [2.24, 2.45) is 17.8 Å². The van der Waals surface area contributed by atoms with Crippen LogP contribution in [0.2, 0.25) is 5.02 Å². The number of likely N-dealkylation sites (tertiary alicyclic amines) is 1. The summed E-state index contributed by atoms with van der Waals surface area (Å²) in [6.45, 7) is 11.2. The lowest BCUT2D eigenvalue weighted by molar-refractivity contribution is -0.155. The molecule has 3 fully saturated rings. The quantitative estimate of drug-likeness (QED) is 0.348. The number of rotatable bonds is 11. The fourth-order valence-electron chi connectivity index (χ4n) is 6.30. The molecule has 3 aliphatic rings. The van der Waals surface area contributed by atoms with Crippen LogP contribution in [0.15, 0.2) is 49.6 Å². The Bertz CT molecular complexity index is 1080. The zero-order valence-electron chi connectivity index (χ0n) is 21.3. The molecule has 37 heavy (non-hydrogen) atoms. The number of para-hydroxylation sites is 1. The number of anilines is 1. The van der Waals surface area contributed by atoms with Gasteiger partial charge in [-0.05, 0) is 30.9 Å². The second-order valence-corrected chi connectivity index (χ2v) is 10.5. The molecule has 1 spiro atoms. The van der Waals surface area contributed by atoms with Crippen molar-refractivity contribution in [2.45, 2.75) is 56.9 Å². The Morgan fingerprint density at radius 2 is 2.08 bits per heavy atom. The van der Waals surface area contributed by atoms with Gasteiger partial charge in [0.25, 0.3) is 5.91 Å². The molecule has 1 N–H and O–H groups in total. The summed E-state index contributed by atoms with van der Waals surface area (Å²) in [4.78, 5) is 44.7. The predicted molar refractivity (Wildman–Crippen MR) is 140 cm³/mol. The molecule has 2 amide bonds. The van der Waals surface area contributed by atoms with Gasteiger partial charge in [0.05, 0.1) is 41.3 Å². The number of carbonyl (C=O) groups excluding carboxylic acids is 3. The number of esters is 1. The van der Waals surface area contributed by atoms with Crippen LogP contribution in [0.25, 0.3) is 0 Å². The number of benzene rings is 1. The predicted octanol–water partition coefficient (Wildman–Crippen LogP) is 3.37. The zero-order chi connectivity index (χ0) is 26.9. The summed E-state index contributed by atoms with van der Waals surface area (Å²) < 4.78 is 11.8. The first-order valence-corrected chi connectivity index (χ1v) is 13.2. The van der Waals surface area contributed by atoms with E-state index in [2.05, 4.69) is 13.2 Å². The number of hydrogen-bond acceptors (Lipinski definition) is 6. The SMILES string of the molecule is C=CCOC(=O)[C@@H]1[C@@H]2CCC3(O2)C(C(=O)N(CC=C)c2ccccc2Cl)N([C@@H](CO)[C@@H](C)CC)C(=O)[C@H]13. The van der Waals surface area contributed by atoms with Gasteiger partial charge in [-0.1, -0.05) is 62.7 Å². The van der Waals surface area contributed by atoms with E-state index in [4.69, 9.17) is 21.1 Å². The smallest absolute Gasteiger partial charge is 0.312 e. The molecule has 200 valence electrons. The highest BCUT2D eigenvalue weighted by Crippen LogP contribution is 2.59. The Kier molecular flexibility index (Phi) is 8.11. The third kappa shape index (κ3) is 4.39. The van der Waals surface area contributed by atoms with Gasteiger partial charge in [0.2, 0.25) is 5.91 Å². The molecule has 1 aromatic carbocycles. The molecule has 3 aliphatic heterocycles. The standard InChI is InChI=1S/C28H35ClN2O6/c1-5-14-30(19-11-9-8-10-18(19)29)26(34)24-28-13-12-21(37-28)22(27(35)36-15-6-2)23(28)25(33)31(24)20(16-32)17(4)7-3/h5-6,8-11,17,20-24,32H,1-2,7,12-16H2,3-4H3/t17-,20-,21-,22+,23-,24?,28?/m0/s1. The van der Waals surface area contributed by atoms with Gasteiger partial charge >= 0.3 is 5.97 Å². The molecule has 0 aromatic heterocycles. The third-order valence-electron chi connectivity index (χ3n) is 8.15. The highest BCUT2D eigenvalue weighted by atomic mass is 35.5. The summed E-state index contributed by atoms with van der Waals surface area (Å²) in [5, 5.41) is 10.8. The number of amides is 2. The van der Waals surface area contributed by atoms with Crippen molar-refractivity contribution in [2.75, 3.05) is 24.7 Å². The first-order valence-electron chi connectivity index (χ1n) is 12.8. The molecule has 3 heterocycles. The Labute approximate surface area is 222 Å². The van der Waals surface area contributed by atoms with Crippen LogP contribution in [0.5, 0.6) is 0 Å². The highest BCUT2D eigenvalue weighted by Gasteiger charge is 2.75. The summed E-state index contributed by atoms with van der Waals surface area (Å²) in [6.07, 6.45) is 4.19. The van der Waals surface area contributed by atoms with Crippen molar-refractivity contribution in [1.82, 2.24) is 4.90 Å². The zero-order valence-corrected chi connectivity index (χ0v) is 22.1. The number of halogens is 1. The van der Waals surface area contributed by atoms with Crippen LogP contribution in [-0.4, -0.2) is 71.3 Å². The average molecular weight is 531 g/mol. The summed E-state index contributed by atoms with van der Waals surface area (Å²) in [7, 11) is 0. The Balaban J connectivity index is 1.84. The van der Waals surface area contributed by atoms with Crippen molar-refractivity contribution >= 4 is 35.1 Å². The van der Waals surface area contributed by atoms with Crippen LogP contribution in [0, 0.1) is 17.8 Å². The molecular formula is C28H35ClN2O6. The molecule has 2 unspecified atom stereocenters. The van der Waals surface area contributed by atoms with Crippen LogP contribution in [0.3, 0.4) is 0 Å². The molecule has 4 rings (SSSR count). The number of aliphatic hydroxyl groups excluding tert-OH is 1. The van der Waals surface area contributed by atoms with Crippen LogP contribution in [-0.2, 0) is 23.9 Å². The van der Waals surface area contributed by atoms with Crippen LogP contribution < -0.4 is 4.90 Å². The van der Waals surface area contributed by atoms with E-state index < -0.39 is 41.6 Å². The molecule has 9 heteroatoms. The number of ether oxygens (including phenoxy) is 2. The van der Waals surface area contributed by atoms with E-state index in [1.54, 1.807) is 30.3 Å². The second-order valence-electron chi connectivity index (χ2n) is 10.0. The number of aliphatic hydroxyl groups is 1. The van der Waals surface area contributed by atoms with Gasteiger partial charge in [-0.2, -0.15) is 0 Å². The molecule has 0 radical (unpaired) electrons. The van der Waals surface area contributed by atoms with E-state index in [-0.39, 0.29) is 37.5 Å². The van der Waals surface area contributed by atoms with E-state index in [9.17, 15) is 19.5 Å². The molecule has 3 saturated heterocycles. The van der Waals surface area contributed by atoms with Crippen LogP contribution in [0.1, 0.15) is 33.1 Å². The monoisotopic (exact) mass is 530 g/mol.